The molecule has 0 unspecified atom stereocenters. The summed E-state index contributed by atoms with van der Waals surface area (Å²) >= 11 is 0. The predicted molar refractivity (Wildman–Crippen MR) is 49.2 cm³/mol. The first kappa shape index (κ1) is 7.79. The molecule has 14 heavy (non-hydrogen) atoms. The number of rotatable bonds is 0. The summed E-state index contributed by atoms with van der Waals surface area (Å²) in [5, 5.41) is 11.7. The summed E-state index contributed by atoms with van der Waals surface area (Å²) in [6.45, 7) is 0.868. The zero-order valence-electron chi connectivity index (χ0n) is 7.53. The molecule has 3 rings (SSSR count). The van der Waals surface area contributed by atoms with E-state index in [1.165, 1.54) is 12.1 Å². The van der Waals surface area contributed by atoms with Crippen LogP contribution in [0.25, 0.3) is 11.0 Å². The van der Waals surface area contributed by atoms with Gasteiger partial charge in [-0.25, -0.2) is 13.7 Å². The number of aromatic nitrogens is 2. The van der Waals surface area contributed by atoms with Crippen molar-refractivity contribution in [2.24, 2.45) is 0 Å². The zero-order chi connectivity index (χ0) is 9.71. The van der Waals surface area contributed by atoms with Gasteiger partial charge in [-0.2, -0.15) is 0 Å². The van der Waals surface area contributed by atoms with Crippen molar-refractivity contribution in [3.05, 3.63) is 35.0 Å². The summed E-state index contributed by atoms with van der Waals surface area (Å²) < 4.78 is 15.7. The maximum Gasteiger partial charge on any atom is 0.260 e. The van der Waals surface area contributed by atoms with E-state index in [4.69, 9.17) is 0 Å². The van der Waals surface area contributed by atoms with Gasteiger partial charge in [0.05, 0.1) is 13.0 Å². The summed E-state index contributed by atoms with van der Waals surface area (Å²) in [6, 6.07) is 4.37. The highest BCUT2D eigenvalue weighted by Crippen LogP contribution is 2.21. The summed E-state index contributed by atoms with van der Waals surface area (Å²) in [5.74, 6) is 0.400. The number of imidazole rings is 1. The van der Waals surface area contributed by atoms with Crippen LogP contribution in [0.3, 0.4) is 0 Å². The van der Waals surface area contributed by atoms with Crippen molar-refractivity contribution in [3.63, 3.8) is 0 Å². The molecule has 72 valence electrons. The van der Waals surface area contributed by atoms with Gasteiger partial charge in [0.2, 0.25) is 0 Å². The first-order valence-electron chi connectivity index (χ1n) is 4.67. The fourth-order valence-electron chi connectivity index (χ4n) is 2.16. The third kappa shape index (κ3) is 0.828. The Labute approximate surface area is 80.0 Å². The van der Waals surface area contributed by atoms with E-state index in [9.17, 15) is 9.60 Å². The van der Waals surface area contributed by atoms with Crippen molar-refractivity contribution >= 4 is 11.0 Å². The lowest BCUT2D eigenvalue weighted by molar-refractivity contribution is -0.586. The quantitative estimate of drug-likeness (QED) is 0.458. The van der Waals surface area contributed by atoms with E-state index in [1.54, 1.807) is 6.07 Å². The molecule has 0 fully saturated rings. The van der Waals surface area contributed by atoms with Gasteiger partial charge in [0, 0.05) is 6.07 Å². The number of nitrogens with zero attached hydrogens (tertiary/aromatic N) is 2. The Morgan fingerprint density at radius 2 is 2.29 bits per heavy atom. The van der Waals surface area contributed by atoms with Crippen LogP contribution in [-0.2, 0) is 13.0 Å². The minimum atomic E-state index is -0.355. The summed E-state index contributed by atoms with van der Waals surface area (Å²) in [6.07, 6.45) is 1.80. The standard InChI is InChI=1S/C10H9FN2O/c11-7-3-4-8-9(6-7)13(14)10-2-1-5-12(8)10/h3-4,6H,1-2,5H2. The van der Waals surface area contributed by atoms with Gasteiger partial charge < -0.3 is 5.21 Å². The SMILES string of the molecule is [O-][n+]1c2n(c3ccc(F)cc31)CCC2. The second-order valence-electron chi connectivity index (χ2n) is 3.60. The number of fused-ring (bicyclic) bond motifs is 3. The molecule has 0 atom stereocenters. The zero-order valence-corrected chi connectivity index (χ0v) is 7.53. The van der Waals surface area contributed by atoms with Crippen molar-refractivity contribution in [1.29, 1.82) is 0 Å². The van der Waals surface area contributed by atoms with Gasteiger partial charge in [0.15, 0.2) is 11.0 Å². The van der Waals surface area contributed by atoms with Gasteiger partial charge >= 0.3 is 0 Å². The summed E-state index contributed by atoms with van der Waals surface area (Å²) in [7, 11) is 0. The van der Waals surface area contributed by atoms with Gasteiger partial charge in [-0.1, -0.05) is 0 Å². The number of hydrogen-bond acceptors (Lipinski definition) is 1. The van der Waals surface area contributed by atoms with Crippen molar-refractivity contribution in [2.45, 2.75) is 19.4 Å². The molecule has 2 aromatic rings. The van der Waals surface area contributed by atoms with E-state index < -0.39 is 0 Å². The highest BCUT2D eigenvalue weighted by molar-refractivity contribution is 5.72. The van der Waals surface area contributed by atoms with Crippen LogP contribution in [0.5, 0.6) is 0 Å². The van der Waals surface area contributed by atoms with Crippen LogP contribution in [0.15, 0.2) is 18.2 Å². The van der Waals surface area contributed by atoms with Gasteiger partial charge in [-0.15, -0.1) is 0 Å². The maximum atomic E-state index is 12.9. The largest absolute Gasteiger partial charge is 0.710 e. The molecule has 0 saturated carbocycles. The van der Waals surface area contributed by atoms with E-state index >= 15 is 0 Å². The molecule has 0 aliphatic carbocycles. The smallest absolute Gasteiger partial charge is 0.260 e. The Morgan fingerprint density at radius 3 is 3.14 bits per heavy atom. The average molecular weight is 192 g/mol. The van der Waals surface area contributed by atoms with Crippen molar-refractivity contribution in [2.75, 3.05) is 0 Å². The van der Waals surface area contributed by atoms with E-state index in [-0.39, 0.29) is 5.82 Å². The predicted octanol–water partition coefficient (Wildman–Crippen LogP) is 1.36. The molecule has 2 heterocycles. The lowest BCUT2D eigenvalue weighted by atomic mass is 10.3. The summed E-state index contributed by atoms with van der Waals surface area (Å²) in [4.78, 5) is 0. The van der Waals surface area contributed by atoms with Gasteiger partial charge in [-0.3, -0.25) is 0 Å². The second-order valence-corrected chi connectivity index (χ2v) is 3.60. The first-order valence-corrected chi connectivity index (χ1v) is 4.67. The Bertz CT molecular complexity index is 518. The minimum absolute atomic E-state index is 0.355. The molecule has 0 N–H and O–H groups in total. The number of aryl methyl sites for hydroxylation is 1. The van der Waals surface area contributed by atoms with Crippen LogP contribution in [0, 0.1) is 11.0 Å². The molecule has 1 aromatic carbocycles. The lowest BCUT2D eigenvalue weighted by Crippen LogP contribution is -2.29. The van der Waals surface area contributed by atoms with Gasteiger partial charge in [0.1, 0.15) is 5.82 Å². The average Bonchev–Trinajstić information content (AvgIpc) is 2.72. The maximum absolute atomic E-state index is 12.9. The Hall–Kier alpha value is -1.58. The Balaban J connectivity index is 2.45. The number of halogens is 1. The van der Waals surface area contributed by atoms with Crippen LogP contribution in [0.1, 0.15) is 12.2 Å². The van der Waals surface area contributed by atoms with Crippen LogP contribution in [-0.4, -0.2) is 4.57 Å². The summed E-state index contributed by atoms with van der Waals surface area (Å²) in [5.41, 5.74) is 1.29. The van der Waals surface area contributed by atoms with E-state index in [2.05, 4.69) is 0 Å². The Morgan fingerprint density at radius 1 is 1.43 bits per heavy atom. The van der Waals surface area contributed by atoms with Crippen molar-refractivity contribution in [1.82, 2.24) is 4.57 Å². The fourth-order valence-corrected chi connectivity index (χ4v) is 2.16. The molecule has 3 nitrogen and oxygen atoms in total. The molecule has 4 heteroatoms. The van der Waals surface area contributed by atoms with E-state index in [0.717, 1.165) is 35.5 Å². The number of benzene rings is 1. The fraction of sp³-hybridized carbons (Fsp3) is 0.300. The topological polar surface area (TPSA) is 31.9 Å². The normalized spacial score (nSPS) is 14.9. The van der Waals surface area contributed by atoms with E-state index in [0.29, 0.717) is 5.52 Å². The van der Waals surface area contributed by atoms with Gasteiger partial charge in [0.25, 0.3) is 5.82 Å². The Kier molecular flexibility index (Phi) is 1.37. The molecule has 0 spiro atoms. The minimum Gasteiger partial charge on any atom is -0.710 e. The van der Waals surface area contributed by atoms with Gasteiger partial charge in [-0.05, 0) is 18.6 Å². The molecule has 1 aliphatic heterocycles. The highest BCUT2D eigenvalue weighted by Gasteiger charge is 2.25. The van der Waals surface area contributed by atoms with E-state index in [1.807, 2.05) is 4.57 Å². The molecular weight excluding hydrogens is 183 g/mol. The molecular formula is C10H9FN2O. The molecule has 0 saturated heterocycles. The van der Waals surface area contributed by atoms with Crippen LogP contribution < -0.4 is 4.73 Å². The lowest BCUT2D eigenvalue weighted by Gasteiger charge is -1.99. The third-order valence-corrected chi connectivity index (χ3v) is 2.78. The van der Waals surface area contributed by atoms with Crippen LogP contribution in [0.4, 0.5) is 4.39 Å². The molecule has 0 amide bonds. The molecule has 0 bridgehead atoms. The first-order chi connectivity index (χ1) is 6.77. The molecule has 0 radical (unpaired) electrons. The molecule has 1 aromatic heterocycles. The number of hydrogen-bond donors (Lipinski definition) is 0. The molecule has 1 aliphatic rings. The van der Waals surface area contributed by atoms with Crippen molar-refractivity contribution < 1.29 is 9.12 Å². The van der Waals surface area contributed by atoms with Crippen LogP contribution in [0.2, 0.25) is 0 Å². The second kappa shape index (κ2) is 2.47. The highest BCUT2D eigenvalue weighted by atomic mass is 19.1. The van der Waals surface area contributed by atoms with Crippen LogP contribution >= 0.6 is 0 Å². The van der Waals surface area contributed by atoms with Crippen molar-refractivity contribution in [3.8, 4) is 0 Å². The monoisotopic (exact) mass is 192 g/mol. The third-order valence-electron chi connectivity index (χ3n) is 2.78.